The third-order valence-corrected chi connectivity index (χ3v) is 2.83. The molecule has 1 aromatic rings. The molecule has 0 saturated carbocycles. The second kappa shape index (κ2) is 5.46. The lowest BCUT2D eigenvalue weighted by Gasteiger charge is -2.25. The Labute approximate surface area is 97.0 Å². The molecule has 1 aliphatic rings. The zero-order valence-electron chi connectivity index (χ0n) is 10.1. The van der Waals surface area contributed by atoms with Crippen molar-refractivity contribution in [3.63, 3.8) is 0 Å². The zero-order chi connectivity index (χ0) is 11.4. The Balaban J connectivity index is 1.94. The molecule has 0 bridgehead atoms. The van der Waals surface area contributed by atoms with Gasteiger partial charge in [0.1, 0.15) is 0 Å². The highest BCUT2D eigenvalue weighted by molar-refractivity contribution is 5.00. The zero-order valence-corrected chi connectivity index (χ0v) is 10.1. The van der Waals surface area contributed by atoms with Gasteiger partial charge in [-0.2, -0.15) is 0 Å². The SMILES string of the molecule is CC(C)Cc1cncn1CC1COCCN1. The number of aromatic nitrogens is 2. The van der Waals surface area contributed by atoms with E-state index >= 15 is 0 Å². The molecule has 1 fully saturated rings. The second-order valence-electron chi connectivity index (χ2n) is 4.86. The first-order valence-corrected chi connectivity index (χ1v) is 6.06. The van der Waals surface area contributed by atoms with Gasteiger partial charge in [-0.15, -0.1) is 0 Å². The number of ether oxygens (including phenoxy) is 1. The summed E-state index contributed by atoms with van der Waals surface area (Å²) in [5.41, 5.74) is 1.32. The normalized spacial score (nSPS) is 21.6. The van der Waals surface area contributed by atoms with Crippen molar-refractivity contribution in [3.05, 3.63) is 18.2 Å². The van der Waals surface area contributed by atoms with Crippen LogP contribution in [0.2, 0.25) is 0 Å². The van der Waals surface area contributed by atoms with Gasteiger partial charge in [-0.1, -0.05) is 13.8 Å². The van der Waals surface area contributed by atoms with Crippen LogP contribution in [0.5, 0.6) is 0 Å². The van der Waals surface area contributed by atoms with E-state index in [4.69, 9.17) is 4.74 Å². The quantitative estimate of drug-likeness (QED) is 0.830. The van der Waals surface area contributed by atoms with Gasteiger partial charge in [-0.3, -0.25) is 0 Å². The second-order valence-corrected chi connectivity index (χ2v) is 4.86. The predicted octanol–water partition coefficient (Wildman–Crippen LogP) is 1.07. The number of hydrogen-bond acceptors (Lipinski definition) is 3. The van der Waals surface area contributed by atoms with Crippen molar-refractivity contribution in [3.8, 4) is 0 Å². The van der Waals surface area contributed by atoms with Crippen LogP contribution in [0.1, 0.15) is 19.5 Å². The molecule has 0 aliphatic carbocycles. The number of nitrogens with one attached hydrogen (secondary N) is 1. The topological polar surface area (TPSA) is 39.1 Å². The van der Waals surface area contributed by atoms with Crippen molar-refractivity contribution >= 4 is 0 Å². The molecule has 0 aromatic carbocycles. The van der Waals surface area contributed by atoms with E-state index in [-0.39, 0.29) is 0 Å². The highest BCUT2D eigenvalue weighted by Crippen LogP contribution is 2.09. The van der Waals surface area contributed by atoms with Crippen LogP contribution in [0.3, 0.4) is 0 Å². The minimum absolute atomic E-state index is 0.425. The van der Waals surface area contributed by atoms with Crippen LogP contribution in [0.4, 0.5) is 0 Å². The first-order chi connectivity index (χ1) is 7.75. The summed E-state index contributed by atoms with van der Waals surface area (Å²) >= 11 is 0. The van der Waals surface area contributed by atoms with Crippen LogP contribution < -0.4 is 5.32 Å². The highest BCUT2D eigenvalue weighted by Gasteiger charge is 2.15. The Kier molecular flexibility index (Phi) is 3.96. The highest BCUT2D eigenvalue weighted by atomic mass is 16.5. The average Bonchev–Trinajstić information content (AvgIpc) is 2.66. The molecule has 4 nitrogen and oxygen atoms in total. The summed E-state index contributed by atoms with van der Waals surface area (Å²) in [6.45, 7) is 8.03. The fourth-order valence-corrected chi connectivity index (χ4v) is 2.08. The van der Waals surface area contributed by atoms with E-state index < -0.39 is 0 Å². The van der Waals surface area contributed by atoms with Crippen molar-refractivity contribution in [1.82, 2.24) is 14.9 Å². The Hall–Kier alpha value is -0.870. The molecule has 0 amide bonds. The minimum atomic E-state index is 0.425. The standard InChI is InChI=1S/C12H21N3O/c1-10(2)5-12-6-13-9-15(12)7-11-8-16-4-3-14-11/h6,9-11,14H,3-5,7-8H2,1-2H3. The first-order valence-electron chi connectivity index (χ1n) is 6.06. The van der Waals surface area contributed by atoms with Crippen LogP contribution in [-0.4, -0.2) is 35.4 Å². The molecular weight excluding hydrogens is 202 g/mol. The lowest BCUT2D eigenvalue weighted by Crippen LogP contribution is -2.43. The number of rotatable bonds is 4. The maximum Gasteiger partial charge on any atom is 0.0948 e. The van der Waals surface area contributed by atoms with Crippen molar-refractivity contribution in [2.45, 2.75) is 32.9 Å². The maximum absolute atomic E-state index is 5.46. The summed E-state index contributed by atoms with van der Waals surface area (Å²) in [7, 11) is 0. The van der Waals surface area contributed by atoms with Gasteiger partial charge < -0.3 is 14.6 Å². The van der Waals surface area contributed by atoms with Crippen molar-refractivity contribution in [2.75, 3.05) is 19.8 Å². The van der Waals surface area contributed by atoms with E-state index in [1.54, 1.807) is 0 Å². The number of morpholine rings is 1. The first kappa shape index (κ1) is 11.6. The molecule has 1 aromatic heterocycles. The lowest BCUT2D eigenvalue weighted by molar-refractivity contribution is 0.0711. The van der Waals surface area contributed by atoms with E-state index in [2.05, 4.69) is 28.7 Å². The Morgan fingerprint density at radius 2 is 2.50 bits per heavy atom. The number of nitrogens with zero attached hydrogens (tertiary/aromatic N) is 2. The summed E-state index contributed by atoms with van der Waals surface area (Å²) in [5.74, 6) is 0.672. The maximum atomic E-state index is 5.46. The van der Waals surface area contributed by atoms with Crippen LogP contribution in [-0.2, 0) is 17.7 Å². The van der Waals surface area contributed by atoms with Crippen molar-refractivity contribution in [1.29, 1.82) is 0 Å². The summed E-state index contributed by atoms with van der Waals surface area (Å²) in [5, 5.41) is 3.46. The molecule has 1 saturated heterocycles. The molecular formula is C12H21N3O. The molecule has 4 heteroatoms. The third-order valence-electron chi connectivity index (χ3n) is 2.83. The third kappa shape index (κ3) is 3.06. The monoisotopic (exact) mass is 223 g/mol. The average molecular weight is 223 g/mol. The Bertz CT molecular complexity index is 316. The van der Waals surface area contributed by atoms with Gasteiger partial charge in [0.05, 0.1) is 19.5 Å². The van der Waals surface area contributed by atoms with E-state index in [1.807, 2.05) is 12.5 Å². The lowest BCUT2D eigenvalue weighted by atomic mass is 10.1. The molecule has 16 heavy (non-hydrogen) atoms. The Morgan fingerprint density at radius 1 is 1.62 bits per heavy atom. The summed E-state index contributed by atoms with van der Waals surface area (Å²) in [6.07, 6.45) is 4.99. The van der Waals surface area contributed by atoms with Gasteiger partial charge in [-0.25, -0.2) is 4.98 Å². The fourth-order valence-electron chi connectivity index (χ4n) is 2.08. The van der Waals surface area contributed by atoms with Crippen LogP contribution in [0.25, 0.3) is 0 Å². The van der Waals surface area contributed by atoms with Gasteiger partial charge in [0.15, 0.2) is 0 Å². The van der Waals surface area contributed by atoms with Crippen molar-refractivity contribution in [2.24, 2.45) is 5.92 Å². The van der Waals surface area contributed by atoms with Gasteiger partial charge in [-0.05, 0) is 12.3 Å². The molecule has 1 N–H and O–H groups in total. The van der Waals surface area contributed by atoms with Crippen LogP contribution in [0, 0.1) is 5.92 Å². The van der Waals surface area contributed by atoms with Crippen LogP contribution >= 0.6 is 0 Å². The predicted molar refractivity (Wildman–Crippen MR) is 63.4 cm³/mol. The Morgan fingerprint density at radius 3 is 3.19 bits per heavy atom. The molecule has 1 unspecified atom stereocenters. The van der Waals surface area contributed by atoms with Crippen molar-refractivity contribution < 1.29 is 4.74 Å². The summed E-state index contributed by atoms with van der Waals surface area (Å²) in [4.78, 5) is 4.24. The van der Waals surface area contributed by atoms with Crippen LogP contribution in [0.15, 0.2) is 12.5 Å². The van der Waals surface area contributed by atoms with E-state index in [0.29, 0.717) is 12.0 Å². The van der Waals surface area contributed by atoms with Gasteiger partial charge in [0.25, 0.3) is 0 Å². The smallest absolute Gasteiger partial charge is 0.0948 e. The molecule has 90 valence electrons. The fraction of sp³-hybridized carbons (Fsp3) is 0.750. The van der Waals surface area contributed by atoms with Gasteiger partial charge in [0.2, 0.25) is 0 Å². The van der Waals surface area contributed by atoms with Gasteiger partial charge in [0, 0.05) is 31.0 Å². The minimum Gasteiger partial charge on any atom is -0.378 e. The largest absolute Gasteiger partial charge is 0.378 e. The molecule has 1 atom stereocenters. The van der Waals surface area contributed by atoms with Gasteiger partial charge >= 0.3 is 0 Å². The van der Waals surface area contributed by atoms with E-state index in [9.17, 15) is 0 Å². The summed E-state index contributed by atoms with van der Waals surface area (Å²) in [6, 6.07) is 0.425. The molecule has 2 rings (SSSR count). The summed E-state index contributed by atoms with van der Waals surface area (Å²) < 4.78 is 7.70. The molecule has 2 heterocycles. The van der Waals surface area contributed by atoms with E-state index in [0.717, 1.165) is 32.7 Å². The van der Waals surface area contributed by atoms with E-state index in [1.165, 1.54) is 5.69 Å². The number of imidazole rings is 1. The molecule has 1 aliphatic heterocycles. The molecule has 0 spiro atoms. The molecule has 0 radical (unpaired) electrons. The number of hydrogen-bond donors (Lipinski definition) is 1.